The lowest BCUT2D eigenvalue weighted by molar-refractivity contribution is 0.176. The number of piperazine rings is 1. The van der Waals surface area contributed by atoms with E-state index >= 15 is 0 Å². The monoisotopic (exact) mass is 388 g/mol. The highest BCUT2D eigenvalue weighted by Gasteiger charge is 2.28. The van der Waals surface area contributed by atoms with Gasteiger partial charge < -0.3 is 4.74 Å². The minimum atomic E-state index is -3.42. The lowest BCUT2D eigenvalue weighted by Gasteiger charge is -2.34. The summed E-state index contributed by atoms with van der Waals surface area (Å²) < 4.78 is 33.1. The highest BCUT2D eigenvalue weighted by Crippen LogP contribution is 2.23. The number of aryl methyl sites for hydroxylation is 1. The van der Waals surface area contributed by atoms with Gasteiger partial charge in [0.1, 0.15) is 5.75 Å². The number of ether oxygens (including phenoxy) is 1. The minimum absolute atomic E-state index is 0.127. The molecule has 1 aliphatic heterocycles. The molecule has 1 saturated heterocycles. The summed E-state index contributed by atoms with van der Waals surface area (Å²) in [6.45, 7) is 9.18. The fraction of sp³-hybridized carbons (Fsp3) is 0.429. The smallest absolute Gasteiger partial charge is 0.243 e. The van der Waals surface area contributed by atoms with Crippen LogP contribution in [0.2, 0.25) is 0 Å². The molecule has 0 spiro atoms. The Kier molecular flexibility index (Phi) is 6.19. The Morgan fingerprint density at radius 1 is 0.963 bits per heavy atom. The normalized spacial score (nSPS) is 16.6. The maximum Gasteiger partial charge on any atom is 0.243 e. The number of hydrogen-bond donors (Lipinski definition) is 0. The third-order valence-corrected chi connectivity index (χ3v) is 6.63. The van der Waals surface area contributed by atoms with Crippen LogP contribution in [-0.4, -0.2) is 49.9 Å². The van der Waals surface area contributed by atoms with Gasteiger partial charge in [-0.15, -0.1) is 0 Å². The lowest BCUT2D eigenvalue weighted by Crippen LogP contribution is -2.48. The first kappa shape index (κ1) is 19.9. The molecule has 2 aromatic rings. The first-order valence-electron chi connectivity index (χ1n) is 9.40. The van der Waals surface area contributed by atoms with E-state index in [1.807, 2.05) is 51.1 Å². The molecule has 0 radical (unpaired) electrons. The zero-order valence-electron chi connectivity index (χ0n) is 16.3. The molecular weight excluding hydrogens is 360 g/mol. The third kappa shape index (κ3) is 4.89. The van der Waals surface area contributed by atoms with Crippen molar-refractivity contribution in [2.24, 2.45) is 0 Å². The van der Waals surface area contributed by atoms with Gasteiger partial charge in [0.25, 0.3) is 0 Å². The van der Waals surface area contributed by atoms with Crippen LogP contribution >= 0.6 is 0 Å². The Labute approximate surface area is 162 Å². The summed E-state index contributed by atoms with van der Waals surface area (Å²) in [5, 5.41) is 0. The Bertz CT molecular complexity index is 855. The van der Waals surface area contributed by atoms with E-state index in [2.05, 4.69) is 11.0 Å². The first-order valence-corrected chi connectivity index (χ1v) is 10.8. The van der Waals surface area contributed by atoms with E-state index in [0.717, 1.165) is 23.4 Å². The van der Waals surface area contributed by atoms with Crippen molar-refractivity contribution in [3.05, 3.63) is 59.7 Å². The number of nitrogens with zero attached hydrogens (tertiary/aromatic N) is 2. The van der Waals surface area contributed by atoms with E-state index < -0.39 is 10.0 Å². The first-order chi connectivity index (χ1) is 12.9. The second kappa shape index (κ2) is 8.42. The average molecular weight is 389 g/mol. The maximum atomic E-state index is 12.8. The Morgan fingerprint density at radius 3 is 2.22 bits per heavy atom. The number of hydrogen-bond acceptors (Lipinski definition) is 4. The summed E-state index contributed by atoms with van der Waals surface area (Å²) in [6.07, 6.45) is 0.127. The number of benzene rings is 2. The van der Waals surface area contributed by atoms with Crippen LogP contribution in [0.5, 0.6) is 5.75 Å². The molecule has 0 amide bonds. The maximum absolute atomic E-state index is 12.8. The van der Waals surface area contributed by atoms with Crippen LogP contribution in [-0.2, 0) is 16.6 Å². The van der Waals surface area contributed by atoms with Crippen LogP contribution in [0.1, 0.15) is 25.0 Å². The fourth-order valence-corrected chi connectivity index (χ4v) is 4.65. The Hall–Kier alpha value is -1.89. The van der Waals surface area contributed by atoms with Crippen LogP contribution < -0.4 is 4.74 Å². The molecule has 146 valence electrons. The summed E-state index contributed by atoms with van der Waals surface area (Å²) in [6, 6.07) is 15.1. The van der Waals surface area contributed by atoms with Gasteiger partial charge in [0.2, 0.25) is 10.0 Å². The molecule has 0 N–H and O–H groups in total. The van der Waals surface area contributed by atoms with Gasteiger partial charge >= 0.3 is 0 Å². The summed E-state index contributed by atoms with van der Waals surface area (Å²) in [5.41, 5.74) is 2.20. The predicted octanol–water partition coefficient (Wildman–Crippen LogP) is 3.29. The van der Waals surface area contributed by atoms with Gasteiger partial charge in [0, 0.05) is 38.3 Å². The zero-order valence-corrected chi connectivity index (χ0v) is 17.1. The highest BCUT2D eigenvalue weighted by atomic mass is 32.2. The topological polar surface area (TPSA) is 49.9 Å². The van der Waals surface area contributed by atoms with E-state index in [9.17, 15) is 8.42 Å². The predicted molar refractivity (Wildman–Crippen MR) is 107 cm³/mol. The van der Waals surface area contributed by atoms with E-state index in [-0.39, 0.29) is 6.10 Å². The molecule has 3 rings (SSSR count). The van der Waals surface area contributed by atoms with Crippen molar-refractivity contribution < 1.29 is 13.2 Å². The number of para-hydroxylation sites is 1. The molecule has 0 saturated carbocycles. The van der Waals surface area contributed by atoms with Gasteiger partial charge in [-0.2, -0.15) is 4.31 Å². The second-order valence-corrected chi connectivity index (χ2v) is 9.21. The number of sulfonamides is 1. The molecule has 1 heterocycles. The summed E-state index contributed by atoms with van der Waals surface area (Å²) in [4.78, 5) is 2.65. The Morgan fingerprint density at radius 2 is 1.59 bits per heavy atom. The number of rotatable bonds is 6. The van der Waals surface area contributed by atoms with Crippen molar-refractivity contribution >= 4 is 10.0 Å². The molecule has 0 aromatic heterocycles. The SMILES string of the molecule is Cc1ccc(S(=O)(=O)N2CCN(Cc3ccccc3OC(C)C)CC2)cc1. The quantitative estimate of drug-likeness (QED) is 0.762. The van der Waals surface area contributed by atoms with Crippen LogP contribution in [0, 0.1) is 6.92 Å². The van der Waals surface area contributed by atoms with Crippen LogP contribution in [0.25, 0.3) is 0 Å². The molecule has 0 unspecified atom stereocenters. The van der Waals surface area contributed by atoms with Crippen molar-refractivity contribution in [3.8, 4) is 5.75 Å². The molecular formula is C21H28N2O3S. The van der Waals surface area contributed by atoms with Gasteiger partial charge in [0.05, 0.1) is 11.0 Å². The third-order valence-electron chi connectivity index (χ3n) is 4.72. The van der Waals surface area contributed by atoms with E-state index in [0.29, 0.717) is 31.1 Å². The van der Waals surface area contributed by atoms with Crippen molar-refractivity contribution in [2.45, 2.75) is 38.3 Å². The molecule has 1 fully saturated rings. The molecule has 27 heavy (non-hydrogen) atoms. The van der Waals surface area contributed by atoms with Gasteiger partial charge in [-0.3, -0.25) is 4.90 Å². The Balaban J connectivity index is 1.63. The lowest BCUT2D eigenvalue weighted by atomic mass is 10.1. The van der Waals surface area contributed by atoms with Crippen molar-refractivity contribution in [2.75, 3.05) is 26.2 Å². The van der Waals surface area contributed by atoms with Gasteiger partial charge in [-0.25, -0.2) is 8.42 Å². The minimum Gasteiger partial charge on any atom is -0.491 e. The van der Waals surface area contributed by atoms with Crippen LogP contribution in [0.3, 0.4) is 0 Å². The van der Waals surface area contributed by atoms with E-state index in [4.69, 9.17) is 4.74 Å². The summed E-state index contributed by atoms with van der Waals surface area (Å²) in [7, 11) is -3.42. The molecule has 0 aliphatic carbocycles. The standard InChI is InChI=1S/C21H28N2O3S/c1-17(2)26-21-7-5-4-6-19(21)16-22-12-14-23(15-13-22)27(24,25)20-10-8-18(3)9-11-20/h4-11,17H,12-16H2,1-3H3. The van der Waals surface area contributed by atoms with E-state index in [1.54, 1.807) is 16.4 Å². The summed E-state index contributed by atoms with van der Waals surface area (Å²) >= 11 is 0. The van der Waals surface area contributed by atoms with Crippen LogP contribution in [0.15, 0.2) is 53.4 Å². The van der Waals surface area contributed by atoms with Crippen molar-refractivity contribution in [3.63, 3.8) is 0 Å². The van der Waals surface area contributed by atoms with Gasteiger partial charge in [0.15, 0.2) is 0 Å². The van der Waals surface area contributed by atoms with Crippen molar-refractivity contribution in [1.29, 1.82) is 0 Å². The average Bonchev–Trinajstić information content (AvgIpc) is 2.64. The largest absolute Gasteiger partial charge is 0.491 e. The van der Waals surface area contributed by atoms with Gasteiger partial charge in [-0.05, 0) is 39.0 Å². The summed E-state index contributed by atoms with van der Waals surface area (Å²) in [5.74, 6) is 0.905. The molecule has 6 heteroatoms. The van der Waals surface area contributed by atoms with Crippen LogP contribution in [0.4, 0.5) is 0 Å². The highest BCUT2D eigenvalue weighted by molar-refractivity contribution is 7.89. The molecule has 0 bridgehead atoms. The fourth-order valence-electron chi connectivity index (χ4n) is 3.23. The van der Waals surface area contributed by atoms with Crippen molar-refractivity contribution in [1.82, 2.24) is 9.21 Å². The van der Waals surface area contributed by atoms with E-state index in [1.165, 1.54) is 0 Å². The van der Waals surface area contributed by atoms with Gasteiger partial charge in [-0.1, -0.05) is 35.9 Å². The molecule has 0 atom stereocenters. The zero-order chi connectivity index (χ0) is 19.4. The molecule has 1 aliphatic rings. The molecule has 5 nitrogen and oxygen atoms in total. The second-order valence-electron chi connectivity index (χ2n) is 7.27. The molecule has 2 aromatic carbocycles.